The van der Waals surface area contributed by atoms with E-state index >= 15 is 0 Å². The standard InChI is InChI=1S/C10H13N7S/c1-11-7-5-8(13-9(12-7)6-3-4-6)18-10-14-15-16-17(10)2/h5-6H,3-4H2,1-2H3,(H,11,12,13). The first kappa shape index (κ1) is 11.4. The fourth-order valence-corrected chi connectivity index (χ4v) is 2.29. The van der Waals surface area contributed by atoms with E-state index in [1.807, 2.05) is 20.2 Å². The summed E-state index contributed by atoms with van der Waals surface area (Å²) in [5.74, 6) is 2.28. The minimum absolute atomic E-state index is 0.523. The Labute approximate surface area is 108 Å². The van der Waals surface area contributed by atoms with Gasteiger partial charge in [0.15, 0.2) is 0 Å². The summed E-state index contributed by atoms with van der Waals surface area (Å²) in [5, 5.41) is 16.0. The van der Waals surface area contributed by atoms with Crippen LogP contribution >= 0.6 is 11.8 Å². The molecule has 8 heteroatoms. The summed E-state index contributed by atoms with van der Waals surface area (Å²) in [6.07, 6.45) is 2.37. The van der Waals surface area contributed by atoms with E-state index in [1.165, 1.54) is 24.6 Å². The van der Waals surface area contributed by atoms with Gasteiger partial charge in [-0.1, -0.05) is 0 Å². The molecule has 18 heavy (non-hydrogen) atoms. The van der Waals surface area contributed by atoms with E-state index in [0.29, 0.717) is 5.92 Å². The van der Waals surface area contributed by atoms with Gasteiger partial charge >= 0.3 is 0 Å². The average molecular weight is 263 g/mol. The van der Waals surface area contributed by atoms with Crippen LogP contribution in [-0.2, 0) is 7.05 Å². The van der Waals surface area contributed by atoms with Gasteiger partial charge in [-0.2, -0.15) is 0 Å². The van der Waals surface area contributed by atoms with Crippen LogP contribution in [0.5, 0.6) is 0 Å². The van der Waals surface area contributed by atoms with Crippen molar-refractivity contribution in [1.29, 1.82) is 0 Å². The largest absolute Gasteiger partial charge is 0.373 e. The van der Waals surface area contributed by atoms with Crippen LogP contribution in [0, 0.1) is 0 Å². The van der Waals surface area contributed by atoms with Crippen LogP contribution in [0.25, 0.3) is 0 Å². The Balaban J connectivity index is 1.90. The van der Waals surface area contributed by atoms with Crippen molar-refractivity contribution in [1.82, 2.24) is 30.2 Å². The molecule has 0 saturated heterocycles. The molecule has 0 spiro atoms. The maximum Gasteiger partial charge on any atom is 0.215 e. The van der Waals surface area contributed by atoms with E-state index < -0.39 is 0 Å². The van der Waals surface area contributed by atoms with Crippen molar-refractivity contribution in [2.24, 2.45) is 7.05 Å². The molecule has 0 unspecified atom stereocenters. The van der Waals surface area contributed by atoms with Crippen molar-refractivity contribution >= 4 is 17.6 Å². The molecule has 7 nitrogen and oxygen atoms in total. The highest BCUT2D eigenvalue weighted by molar-refractivity contribution is 7.99. The zero-order valence-corrected chi connectivity index (χ0v) is 11.0. The summed E-state index contributed by atoms with van der Waals surface area (Å²) in [6.45, 7) is 0. The molecule has 3 rings (SSSR count). The lowest BCUT2D eigenvalue weighted by atomic mass is 10.4. The number of nitrogens with zero attached hydrogens (tertiary/aromatic N) is 6. The van der Waals surface area contributed by atoms with Crippen molar-refractivity contribution in [3.05, 3.63) is 11.9 Å². The molecule has 1 aliphatic carbocycles. The highest BCUT2D eigenvalue weighted by Gasteiger charge is 2.27. The third-order valence-corrected chi connectivity index (χ3v) is 3.64. The molecule has 1 N–H and O–H groups in total. The number of hydrogen-bond donors (Lipinski definition) is 1. The van der Waals surface area contributed by atoms with Gasteiger partial charge in [0, 0.05) is 26.1 Å². The number of nitrogens with one attached hydrogen (secondary N) is 1. The fourth-order valence-electron chi connectivity index (χ4n) is 1.55. The van der Waals surface area contributed by atoms with Gasteiger partial charge in [0.1, 0.15) is 16.7 Å². The van der Waals surface area contributed by atoms with E-state index in [1.54, 1.807) is 4.68 Å². The molecular weight excluding hydrogens is 250 g/mol. The number of tetrazole rings is 1. The average Bonchev–Trinajstić information content (AvgIpc) is 3.15. The minimum Gasteiger partial charge on any atom is -0.373 e. The van der Waals surface area contributed by atoms with Crippen LogP contribution in [0.1, 0.15) is 24.6 Å². The summed E-state index contributed by atoms with van der Waals surface area (Å²) in [6, 6.07) is 1.91. The SMILES string of the molecule is CNc1cc(Sc2nnnn2C)nc(C2CC2)n1. The molecule has 94 valence electrons. The second kappa shape index (κ2) is 4.52. The van der Waals surface area contributed by atoms with E-state index in [4.69, 9.17) is 0 Å². The van der Waals surface area contributed by atoms with Crippen LogP contribution in [0.3, 0.4) is 0 Å². The molecule has 1 fully saturated rings. The lowest BCUT2D eigenvalue weighted by Crippen LogP contribution is -2.01. The number of aryl methyl sites for hydroxylation is 1. The van der Waals surface area contributed by atoms with Crippen LogP contribution in [-0.4, -0.2) is 37.2 Å². The molecule has 2 heterocycles. The third kappa shape index (κ3) is 2.28. The maximum atomic E-state index is 4.56. The van der Waals surface area contributed by atoms with Crippen LogP contribution in [0.4, 0.5) is 5.82 Å². The smallest absolute Gasteiger partial charge is 0.215 e. The quantitative estimate of drug-likeness (QED) is 0.826. The Bertz CT molecular complexity index is 563. The monoisotopic (exact) mass is 263 g/mol. The van der Waals surface area contributed by atoms with Crippen LogP contribution in [0.15, 0.2) is 16.2 Å². The van der Waals surface area contributed by atoms with Crippen LogP contribution < -0.4 is 5.32 Å². The predicted octanol–water partition coefficient (Wildman–Crippen LogP) is 1.07. The summed E-state index contributed by atoms with van der Waals surface area (Å²) in [5.41, 5.74) is 0. The lowest BCUT2D eigenvalue weighted by Gasteiger charge is -2.05. The zero-order valence-electron chi connectivity index (χ0n) is 10.2. The number of rotatable bonds is 4. The Morgan fingerprint density at radius 3 is 2.83 bits per heavy atom. The molecule has 2 aromatic heterocycles. The predicted molar refractivity (Wildman–Crippen MR) is 66.5 cm³/mol. The van der Waals surface area contributed by atoms with Crippen LogP contribution in [0.2, 0.25) is 0 Å². The van der Waals surface area contributed by atoms with E-state index in [0.717, 1.165) is 21.8 Å². The lowest BCUT2D eigenvalue weighted by molar-refractivity contribution is 0.664. The zero-order chi connectivity index (χ0) is 12.5. The van der Waals surface area contributed by atoms with Gasteiger partial charge in [-0.25, -0.2) is 14.6 Å². The Hall–Kier alpha value is -1.70. The second-order valence-corrected chi connectivity index (χ2v) is 5.15. The van der Waals surface area contributed by atoms with Crippen molar-refractivity contribution in [2.75, 3.05) is 12.4 Å². The van der Waals surface area contributed by atoms with E-state index in [9.17, 15) is 0 Å². The topological polar surface area (TPSA) is 81.4 Å². The maximum absolute atomic E-state index is 4.56. The van der Waals surface area contributed by atoms with Crippen molar-refractivity contribution < 1.29 is 0 Å². The normalized spacial score (nSPS) is 14.8. The highest BCUT2D eigenvalue weighted by atomic mass is 32.2. The Kier molecular flexibility index (Phi) is 2.86. The van der Waals surface area contributed by atoms with Gasteiger partial charge in [0.2, 0.25) is 5.16 Å². The Morgan fingerprint density at radius 1 is 1.39 bits per heavy atom. The third-order valence-electron chi connectivity index (χ3n) is 2.70. The van der Waals surface area contributed by atoms with Gasteiger partial charge in [0.25, 0.3) is 0 Å². The molecule has 0 atom stereocenters. The summed E-state index contributed by atoms with van der Waals surface area (Å²) >= 11 is 1.45. The van der Waals surface area contributed by atoms with Gasteiger partial charge in [-0.15, -0.1) is 5.10 Å². The highest BCUT2D eigenvalue weighted by Crippen LogP contribution is 2.39. The molecule has 0 aliphatic heterocycles. The number of hydrogen-bond acceptors (Lipinski definition) is 7. The minimum atomic E-state index is 0.523. The molecular formula is C10H13N7S. The first-order valence-electron chi connectivity index (χ1n) is 5.73. The van der Waals surface area contributed by atoms with Crippen molar-refractivity contribution in [2.45, 2.75) is 28.9 Å². The number of aromatic nitrogens is 6. The van der Waals surface area contributed by atoms with Gasteiger partial charge in [-0.05, 0) is 35.0 Å². The molecule has 0 bridgehead atoms. The summed E-state index contributed by atoms with van der Waals surface area (Å²) in [7, 11) is 3.67. The molecule has 0 amide bonds. The molecule has 1 aliphatic rings. The molecule has 0 aromatic carbocycles. The van der Waals surface area contributed by atoms with E-state index in [-0.39, 0.29) is 0 Å². The van der Waals surface area contributed by atoms with Gasteiger partial charge < -0.3 is 5.32 Å². The Morgan fingerprint density at radius 2 is 2.22 bits per heavy atom. The molecule has 2 aromatic rings. The fraction of sp³-hybridized carbons (Fsp3) is 0.500. The first-order valence-corrected chi connectivity index (χ1v) is 6.55. The van der Waals surface area contributed by atoms with Crippen molar-refractivity contribution in [3.63, 3.8) is 0 Å². The van der Waals surface area contributed by atoms with Crippen molar-refractivity contribution in [3.8, 4) is 0 Å². The summed E-state index contributed by atoms with van der Waals surface area (Å²) < 4.78 is 1.63. The second-order valence-electron chi connectivity index (χ2n) is 4.16. The first-order chi connectivity index (χ1) is 8.76. The van der Waals surface area contributed by atoms with E-state index in [2.05, 4.69) is 30.8 Å². The molecule has 1 saturated carbocycles. The van der Waals surface area contributed by atoms with Gasteiger partial charge in [-0.3, -0.25) is 0 Å². The number of anilines is 1. The van der Waals surface area contributed by atoms with Gasteiger partial charge in [0.05, 0.1) is 0 Å². The summed E-state index contributed by atoms with van der Waals surface area (Å²) in [4.78, 5) is 9.03. The molecule has 0 radical (unpaired) electrons.